The second kappa shape index (κ2) is 12.8. The summed E-state index contributed by atoms with van der Waals surface area (Å²) in [6.07, 6.45) is 6.21. The molecule has 0 radical (unpaired) electrons. The number of nitrogens with one attached hydrogen (secondary N) is 2. The molecule has 0 saturated heterocycles. The van der Waals surface area contributed by atoms with Gasteiger partial charge in [-0.05, 0) is 58.7 Å². The van der Waals surface area contributed by atoms with Gasteiger partial charge in [-0.3, -0.25) is 4.79 Å². The van der Waals surface area contributed by atoms with Crippen LogP contribution in [-0.4, -0.2) is 77.4 Å². The molecule has 3 atom stereocenters. The first-order valence-electron chi connectivity index (χ1n) is 14.1. The molecule has 1 saturated carbocycles. The lowest BCUT2D eigenvalue weighted by Gasteiger charge is -2.39. The van der Waals surface area contributed by atoms with Crippen molar-refractivity contribution in [2.45, 2.75) is 71.9 Å². The van der Waals surface area contributed by atoms with E-state index in [4.69, 9.17) is 9.26 Å². The summed E-state index contributed by atoms with van der Waals surface area (Å²) in [5, 5.41) is 19.5. The van der Waals surface area contributed by atoms with Crippen LogP contribution < -0.4 is 15.4 Å². The number of benzene rings is 1. The summed E-state index contributed by atoms with van der Waals surface area (Å²) >= 11 is 0. The highest BCUT2D eigenvalue weighted by Crippen LogP contribution is 2.35. The SMILES string of the molecule is Cc1noc(C)c1NC(=O)Nc1cccc2c1O[C@H](CN(C)CC1CCCCC1)[C@H](C)CN([C@H](C)CO)C2=O. The number of fused-ring (bicyclic) bond motifs is 1. The van der Waals surface area contributed by atoms with Gasteiger partial charge in [-0.25, -0.2) is 4.79 Å². The van der Waals surface area contributed by atoms with Gasteiger partial charge in [0.25, 0.3) is 5.91 Å². The molecule has 1 fully saturated rings. The summed E-state index contributed by atoms with van der Waals surface area (Å²) in [6, 6.07) is 4.32. The Hall–Kier alpha value is -3.11. The number of hydrogen-bond acceptors (Lipinski definition) is 7. The van der Waals surface area contributed by atoms with Crippen molar-refractivity contribution in [1.29, 1.82) is 0 Å². The zero-order chi connectivity index (χ0) is 28.1. The highest BCUT2D eigenvalue weighted by atomic mass is 16.5. The van der Waals surface area contributed by atoms with E-state index in [0.717, 1.165) is 6.54 Å². The van der Waals surface area contributed by atoms with Gasteiger partial charge in [0.05, 0.1) is 23.9 Å². The second-order valence-electron chi connectivity index (χ2n) is 11.3. The van der Waals surface area contributed by atoms with E-state index >= 15 is 0 Å². The first kappa shape index (κ1) is 28.9. The molecular weight excluding hydrogens is 498 g/mol. The number of carbonyl (C=O) groups is 2. The Morgan fingerprint density at radius 3 is 2.62 bits per heavy atom. The minimum Gasteiger partial charge on any atom is -0.486 e. The lowest BCUT2D eigenvalue weighted by Crippen LogP contribution is -2.50. The maximum atomic E-state index is 13.7. The zero-order valence-corrected chi connectivity index (χ0v) is 23.8. The van der Waals surface area contributed by atoms with E-state index in [1.165, 1.54) is 32.1 Å². The van der Waals surface area contributed by atoms with Crippen LogP contribution in [0.5, 0.6) is 5.75 Å². The highest BCUT2D eigenvalue weighted by Gasteiger charge is 2.35. The van der Waals surface area contributed by atoms with Gasteiger partial charge >= 0.3 is 6.03 Å². The lowest BCUT2D eigenvalue weighted by atomic mass is 9.89. The summed E-state index contributed by atoms with van der Waals surface area (Å²) in [7, 11) is 2.13. The number of ether oxygens (including phenoxy) is 1. The number of nitrogens with zero attached hydrogens (tertiary/aromatic N) is 3. The number of carbonyl (C=O) groups excluding carboxylic acids is 2. The quantitative estimate of drug-likeness (QED) is 0.444. The number of aryl methyl sites for hydroxylation is 2. The van der Waals surface area contributed by atoms with Crippen LogP contribution in [0.1, 0.15) is 67.8 Å². The molecule has 2 aliphatic rings. The van der Waals surface area contributed by atoms with Crippen molar-refractivity contribution in [1.82, 2.24) is 15.0 Å². The van der Waals surface area contributed by atoms with E-state index in [0.29, 0.717) is 53.1 Å². The summed E-state index contributed by atoms with van der Waals surface area (Å²) in [6.45, 7) is 9.41. The van der Waals surface area contributed by atoms with Crippen molar-refractivity contribution in [2.75, 3.05) is 43.9 Å². The normalized spacial score (nSPS) is 21.1. The third-order valence-corrected chi connectivity index (χ3v) is 8.00. The molecule has 10 nitrogen and oxygen atoms in total. The fraction of sp³-hybridized carbons (Fsp3) is 0.621. The average Bonchev–Trinajstić information content (AvgIpc) is 3.23. The molecule has 3 amide bonds. The number of aliphatic hydroxyl groups excluding tert-OH is 1. The third-order valence-electron chi connectivity index (χ3n) is 8.00. The van der Waals surface area contributed by atoms with Gasteiger partial charge in [-0.15, -0.1) is 0 Å². The molecule has 214 valence electrons. The average molecular weight is 542 g/mol. The van der Waals surface area contributed by atoms with Gasteiger partial charge in [0, 0.05) is 25.6 Å². The fourth-order valence-electron chi connectivity index (χ4n) is 5.68. The number of anilines is 2. The maximum absolute atomic E-state index is 13.7. The van der Waals surface area contributed by atoms with Crippen molar-refractivity contribution in [3.63, 3.8) is 0 Å². The van der Waals surface area contributed by atoms with Crippen LogP contribution in [0.4, 0.5) is 16.2 Å². The molecule has 0 spiro atoms. The molecule has 4 rings (SSSR count). The Bertz CT molecular complexity index is 1130. The Labute approximate surface area is 231 Å². The molecule has 1 aliphatic carbocycles. The number of amides is 3. The summed E-state index contributed by atoms with van der Waals surface area (Å²) in [5.74, 6) is 1.30. The van der Waals surface area contributed by atoms with Gasteiger partial charge in [-0.2, -0.15) is 0 Å². The van der Waals surface area contributed by atoms with Crippen molar-refractivity contribution in [3.05, 3.63) is 35.2 Å². The lowest BCUT2D eigenvalue weighted by molar-refractivity contribution is 0.0333. The number of hydrogen-bond donors (Lipinski definition) is 3. The van der Waals surface area contributed by atoms with Crippen molar-refractivity contribution < 1.29 is 24.0 Å². The summed E-state index contributed by atoms with van der Waals surface area (Å²) in [4.78, 5) is 30.7. The second-order valence-corrected chi connectivity index (χ2v) is 11.3. The number of aliphatic hydroxyl groups is 1. The Morgan fingerprint density at radius 2 is 1.95 bits per heavy atom. The molecule has 1 aromatic carbocycles. The topological polar surface area (TPSA) is 120 Å². The van der Waals surface area contributed by atoms with Gasteiger partial charge in [0.1, 0.15) is 17.5 Å². The van der Waals surface area contributed by atoms with Gasteiger partial charge in [-0.1, -0.05) is 37.4 Å². The first-order valence-corrected chi connectivity index (χ1v) is 14.1. The van der Waals surface area contributed by atoms with Gasteiger partial charge in [0.2, 0.25) is 0 Å². The molecule has 1 aromatic heterocycles. The molecular formula is C29H43N5O5. The monoisotopic (exact) mass is 541 g/mol. The molecule has 2 aromatic rings. The van der Waals surface area contributed by atoms with E-state index < -0.39 is 6.03 Å². The van der Waals surface area contributed by atoms with E-state index in [9.17, 15) is 14.7 Å². The van der Waals surface area contributed by atoms with Crippen molar-refractivity contribution in [2.24, 2.45) is 11.8 Å². The number of rotatable bonds is 8. The van der Waals surface area contributed by atoms with E-state index in [1.807, 2.05) is 6.92 Å². The molecule has 2 heterocycles. The molecule has 39 heavy (non-hydrogen) atoms. The first-order chi connectivity index (χ1) is 18.7. The zero-order valence-electron chi connectivity index (χ0n) is 23.8. The van der Waals surface area contributed by atoms with Crippen LogP contribution in [0.2, 0.25) is 0 Å². The summed E-state index contributed by atoms with van der Waals surface area (Å²) < 4.78 is 11.8. The minimum atomic E-state index is -0.490. The van der Waals surface area contributed by atoms with Crippen LogP contribution in [0.25, 0.3) is 0 Å². The van der Waals surface area contributed by atoms with E-state index in [-0.39, 0.29) is 30.6 Å². The van der Waals surface area contributed by atoms with E-state index in [2.05, 4.69) is 34.7 Å². The Balaban J connectivity index is 1.61. The van der Waals surface area contributed by atoms with Gasteiger partial charge in [0.15, 0.2) is 11.5 Å². The highest BCUT2D eigenvalue weighted by molar-refractivity contribution is 6.04. The smallest absolute Gasteiger partial charge is 0.323 e. The Kier molecular flexibility index (Phi) is 9.50. The van der Waals surface area contributed by atoms with Crippen LogP contribution in [0, 0.1) is 25.7 Å². The largest absolute Gasteiger partial charge is 0.486 e. The van der Waals surface area contributed by atoms with E-state index in [1.54, 1.807) is 36.9 Å². The number of likely N-dealkylation sites (N-methyl/N-ethyl adjacent to an activating group) is 1. The standard InChI is InChI=1S/C29H43N5O5/c1-18-14-34(19(2)17-35)28(36)23-12-9-13-24(30-29(37)31-26-20(3)32-39-21(26)4)27(23)38-25(18)16-33(5)15-22-10-7-6-8-11-22/h9,12-13,18-19,22,25,35H,6-8,10-11,14-17H2,1-5H3,(H2,30,31,37)/t18-,19-,25-/m1/s1. The van der Waals surface area contributed by atoms with Crippen LogP contribution in [0.3, 0.4) is 0 Å². The molecule has 1 aliphatic heterocycles. The molecule has 0 bridgehead atoms. The molecule has 10 heteroatoms. The van der Waals surface area contributed by atoms with Crippen LogP contribution >= 0.6 is 0 Å². The Morgan fingerprint density at radius 1 is 1.21 bits per heavy atom. The maximum Gasteiger partial charge on any atom is 0.323 e. The predicted molar refractivity (Wildman–Crippen MR) is 150 cm³/mol. The number of urea groups is 1. The van der Waals surface area contributed by atoms with Gasteiger partial charge < -0.3 is 34.8 Å². The minimum absolute atomic E-state index is 0.00547. The van der Waals surface area contributed by atoms with Crippen molar-refractivity contribution >= 4 is 23.3 Å². The predicted octanol–water partition coefficient (Wildman–Crippen LogP) is 4.67. The van der Waals surface area contributed by atoms with Crippen molar-refractivity contribution in [3.8, 4) is 5.75 Å². The third kappa shape index (κ3) is 6.91. The van der Waals surface area contributed by atoms with Crippen LogP contribution in [-0.2, 0) is 0 Å². The number of para-hydroxylation sites is 1. The number of aromatic nitrogens is 1. The van der Waals surface area contributed by atoms with Crippen LogP contribution in [0.15, 0.2) is 22.7 Å². The fourth-order valence-corrected chi connectivity index (χ4v) is 5.68. The molecule has 3 N–H and O–H groups in total. The molecule has 0 unspecified atom stereocenters. The summed E-state index contributed by atoms with van der Waals surface area (Å²) in [5.41, 5.74) is 1.83.